The third-order valence-electron chi connectivity index (χ3n) is 3.85. The van der Waals surface area contributed by atoms with Gasteiger partial charge in [-0.3, -0.25) is 9.59 Å². The van der Waals surface area contributed by atoms with Gasteiger partial charge in [-0.05, 0) is 17.5 Å². The zero-order valence-corrected chi connectivity index (χ0v) is 14.0. The number of amides is 2. The Morgan fingerprint density at radius 3 is 2.33 bits per heavy atom. The smallest absolute Gasteiger partial charge is 0.326 e. The minimum absolute atomic E-state index is 0.0646. The summed E-state index contributed by atoms with van der Waals surface area (Å²) in [7, 11) is 0. The van der Waals surface area contributed by atoms with E-state index in [0.29, 0.717) is 6.42 Å². The highest BCUT2D eigenvalue weighted by Gasteiger charge is 2.29. The van der Waals surface area contributed by atoms with Crippen molar-refractivity contribution in [1.29, 1.82) is 0 Å². The standard InChI is InChI=1S/C17H23FN2O4/c1-4-10(2)15(17(23)24)20-16(22)14(19-11(3)21)9-12-7-5-6-8-13(12)18/h5-8,10,14-15H,4,9H2,1-3H3,(H,19,21)(H,20,22)(H,23,24)/t10-,14+,15+/m0/s1. The van der Waals surface area contributed by atoms with Crippen LogP contribution in [0.25, 0.3) is 0 Å². The highest BCUT2D eigenvalue weighted by Crippen LogP contribution is 2.12. The molecule has 0 aromatic heterocycles. The van der Waals surface area contributed by atoms with Crippen LogP contribution in [0.5, 0.6) is 0 Å². The molecule has 0 radical (unpaired) electrons. The van der Waals surface area contributed by atoms with Crippen molar-refractivity contribution in [1.82, 2.24) is 10.6 Å². The lowest BCUT2D eigenvalue weighted by Crippen LogP contribution is -2.53. The molecule has 6 nitrogen and oxygen atoms in total. The van der Waals surface area contributed by atoms with Crippen LogP contribution in [-0.4, -0.2) is 35.0 Å². The Labute approximate surface area is 140 Å². The highest BCUT2D eigenvalue weighted by atomic mass is 19.1. The summed E-state index contributed by atoms with van der Waals surface area (Å²) < 4.78 is 13.8. The van der Waals surface area contributed by atoms with E-state index in [2.05, 4.69) is 10.6 Å². The van der Waals surface area contributed by atoms with E-state index in [1.54, 1.807) is 13.0 Å². The lowest BCUT2D eigenvalue weighted by Gasteiger charge is -2.24. The van der Waals surface area contributed by atoms with Crippen LogP contribution in [0.2, 0.25) is 0 Å². The lowest BCUT2D eigenvalue weighted by atomic mass is 9.98. The van der Waals surface area contributed by atoms with Gasteiger partial charge in [-0.15, -0.1) is 0 Å². The van der Waals surface area contributed by atoms with E-state index in [1.165, 1.54) is 25.1 Å². The number of rotatable bonds is 8. The Morgan fingerprint density at radius 1 is 1.21 bits per heavy atom. The third kappa shape index (κ3) is 5.64. The number of nitrogens with one attached hydrogen (secondary N) is 2. The van der Waals surface area contributed by atoms with Gasteiger partial charge >= 0.3 is 5.97 Å². The van der Waals surface area contributed by atoms with Gasteiger partial charge in [0.05, 0.1) is 0 Å². The molecule has 0 aliphatic carbocycles. The number of carbonyl (C=O) groups excluding carboxylic acids is 2. The Bertz CT molecular complexity index is 606. The molecular weight excluding hydrogens is 315 g/mol. The Balaban J connectivity index is 2.94. The summed E-state index contributed by atoms with van der Waals surface area (Å²) in [6, 6.07) is 3.80. The average Bonchev–Trinajstić information content (AvgIpc) is 2.52. The Morgan fingerprint density at radius 2 is 1.83 bits per heavy atom. The van der Waals surface area contributed by atoms with Crippen LogP contribution in [0.3, 0.4) is 0 Å². The van der Waals surface area contributed by atoms with Gasteiger partial charge < -0.3 is 15.7 Å². The molecule has 1 aromatic carbocycles. The Kier molecular flexibility index (Phi) is 7.35. The monoisotopic (exact) mass is 338 g/mol. The fraction of sp³-hybridized carbons (Fsp3) is 0.471. The van der Waals surface area contributed by atoms with Crippen molar-refractivity contribution >= 4 is 17.8 Å². The summed E-state index contributed by atoms with van der Waals surface area (Å²) >= 11 is 0. The fourth-order valence-corrected chi connectivity index (χ4v) is 2.28. The molecule has 3 N–H and O–H groups in total. The topological polar surface area (TPSA) is 95.5 Å². The first-order chi connectivity index (χ1) is 11.3. The summed E-state index contributed by atoms with van der Waals surface area (Å²) in [5, 5.41) is 14.1. The largest absolute Gasteiger partial charge is 0.480 e. The molecule has 3 atom stereocenters. The van der Waals surface area contributed by atoms with Crippen molar-refractivity contribution in [3.8, 4) is 0 Å². The van der Waals surface area contributed by atoms with Gasteiger partial charge in [-0.1, -0.05) is 38.5 Å². The quantitative estimate of drug-likeness (QED) is 0.669. The molecule has 0 unspecified atom stereocenters. The van der Waals surface area contributed by atoms with Gasteiger partial charge in [0.1, 0.15) is 17.9 Å². The Hall–Kier alpha value is -2.44. The number of hydrogen-bond acceptors (Lipinski definition) is 3. The maximum Gasteiger partial charge on any atom is 0.326 e. The molecule has 2 amide bonds. The number of aliphatic carboxylic acids is 1. The highest BCUT2D eigenvalue weighted by molar-refractivity contribution is 5.90. The molecule has 0 heterocycles. The minimum atomic E-state index is -1.15. The summed E-state index contributed by atoms with van der Waals surface area (Å²) in [5.74, 6) is -3.02. The van der Waals surface area contributed by atoms with Crippen molar-refractivity contribution in [3.05, 3.63) is 35.6 Å². The molecule has 0 spiro atoms. The number of hydrogen-bond donors (Lipinski definition) is 3. The molecule has 1 aromatic rings. The van der Waals surface area contributed by atoms with Gasteiger partial charge in [0, 0.05) is 13.3 Å². The first-order valence-electron chi connectivity index (χ1n) is 7.79. The van der Waals surface area contributed by atoms with Gasteiger partial charge in [0.25, 0.3) is 0 Å². The van der Waals surface area contributed by atoms with E-state index in [1.807, 2.05) is 6.92 Å². The molecule has 0 bridgehead atoms. The van der Waals surface area contributed by atoms with Crippen LogP contribution in [-0.2, 0) is 20.8 Å². The second kappa shape index (κ2) is 9.00. The fourth-order valence-electron chi connectivity index (χ4n) is 2.28. The second-order valence-corrected chi connectivity index (χ2v) is 5.76. The van der Waals surface area contributed by atoms with Crippen LogP contribution in [0.4, 0.5) is 4.39 Å². The van der Waals surface area contributed by atoms with Gasteiger partial charge in [-0.2, -0.15) is 0 Å². The van der Waals surface area contributed by atoms with E-state index in [4.69, 9.17) is 0 Å². The molecule has 0 aliphatic heterocycles. The van der Waals surface area contributed by atoms with Gasteiger partial charge in [0.2, 0.25) is 11.8 Å². The van der Waals surface area contributed by atoms with Crippen molar-refractivity contribution in [3.63, 3.8) is 0 Å². The van der Waals surface area contributed by atoms with Crippen LogP contribution < -0.4 is 10.6 Å². The zero-order valence-electron chi connectivity index (χ0n) is 14.0. The van der Waals surface area contributed by atoms with Crippen LogP contribution in [0.15, 0.2) is 24.3 Å². The lowest BCUT2D eigenvalue weighted by molar-refractivity contribution is -0.143. The third-order valence-corrected chi connectivity index (χ3v) is 3.85. The normalized spacial score (nSPS) is 14.3. The molecule has 0 aliphatic rings. The van der Waals surface area contributed by atoms with E-state index in [-0.39, 0.29) is 17.9 Å². The molecule has 0 saturated carbocycles. The first kappa shape index (κ1) is 19.6. The van der Waals surface area contributed by atoms with E-state index in [9.17, 15) is 23.9 Å². The first-order valence-corrected chi connectivity index (χ1v) is 7.79. The number of halogens is 1. The summed E-state index contributed by atoms with van der Waals surface area (Å²) in [5.41, 5.74) is 0.266. The molecular formula is C17H23FN2O4. The van der Waals surface area contributed by atoms with Crippen molar-refractivity contribution < 1.29 is 23.9 Å². The molecule has 24 heavy (non-hydrogen) atoms. The zero-order chi connectivity index (χ0) is 18.3. The number of carboxylic acids is 1. The minimum Gasteiger partial charge on any atom is -0.480 e. The molecule has 7 heteroatoms. The molecule has 0 saturated heterocycles. The van der Waals surface area contributed by atoms with Gasteiger partial charge in [-0.25, -0.2) is 9.18 Å². The van der Waals surface area contributed by atoms with Crippen molar-refractivity contribution in [2.24, 2.45) is 5.92 Å². The van der Waals surface area contributed by atoms with E-state index >= 15 is 0 Å². The van der Waals surface area contributed by atoms with E-state index in [0.717, 1.165) is 0 Å². The maximum atomic E-state index is 13.8. The second-order valence-electron chi connectivity index (χ2n) is 5.76. The van der Waals surface area contributed by atoms with Gasteiger partial charge in [0.15, 0.2) is 0 Å². The van der Waals surface area contributed by atoms with Crippen molar-refractivity contribution in [2.75, 3.05) is 0 Å². The van der Waals surface area contributed by atoms with Crippen molar-refractivity contribution in [2.45, 2.75) is 45.7 Å². The summed E-state index contributed by atoms with van der Waals surface area (Å²) in [6.45, 7) is 4.77. The van der Waals surface area contributed by atoms with E-state index < -0.39 is 35.7 Å². The predicted molar refractivity (Wildman–Crippen MR) is 86.7 cm³/mol. The average molecular weight is 338 g/mol. The van der Waals surface area contributed by atoms with Crippen LogP contribution in [0.1, 0.15) is 32.8 Å². The molecule has 1 rings (SSSR count). The molecule has 132 valence electrons. The number of benzene rings is 1. The van der Waals surface area contributed by atoms with Crippen LogP contribution >= 0.6 is 0 Å². The summed E-state index contributed by atoms with van der Waals surface area (Å²) in [6.07, 6.45) is 0.500. The van der Waals surface area contributed by atoms with Crippen LogP contribution in [0, 0.1) is 11.7 Å². The summed E-state index contributed by atoms with van der Waals surface area (Å²) in [4.78, 5) is 35.1. The molecule has 0 fully saturated rings. The SMILES string of the molecule is CC[C@H](C)[C@@H](NC(=O)[C@@H](Cc1ccccc1F)NC(C)=O)C(=O)O. The number of carboxylic acid groups (broad SMARTS) is 1. The predicted octanol–water partition coefficient (Wildman–Crippen LogP) is 1.49. The number of carbonyl (C=O) groups is 3. The maximum absolute atomic E-state index is 13.8.